The summed E-state index contributed by atoms with van der Waals surface area (Å²) in [7, 11) is 0. The zero-order valence-corrected chi connectivity index (χ0v) is 6.30. The van der Waals surface area contributed by atoms with E-state index >= 15 is 0 Å². The molecule has 1 aliphatic rings. The van der Waals surface area contributed by atoms with Crippen molar-refractivity contribution in [2.45, 2.75) is 39.2 Å². The molecule has 0 aromatic rings. The Hall–Kier alpha value is 0.557. The standard InChI is InChI=1S/C8H16O.Li.H/c1-6-4-3-5-7(2)8(6)9;;/h6-9H,3-5H2,1-2H3;;. The molecule has 0 spiro atoms. The van der Waals surface area contributed by atoms with Crippen molar-refractivity contribution >= 4 is 18.9 Å². The van der Waals surface area contributed by atoms with Gasteiger partial charge in [0.15, 0.2) is 0 Å². The number of hydrogen-bond donors (Lipinski definition) is 1. The molecule has 1 saturated carbocycles. The zero-order valence-electron chi connectivity index (χ0n) is 6.30. The minimum atomic E-state index is -0.0289. The summed E-state index contributed by atoms with van der Waals surface area (Å²) in [4.78, 5) is 0. The summed E-state index contributed by atoms with van der Waals surface area (Å²) < 4.78 is 0. The van der Waals surface area contributed by atoms with Gasteiger partial charge in [0.25, 0.3) is 0 Å². The van der Waals surface area contributed by atoms with Crippen LogP contribution in [0.3, 0.4) is 0 Å². The predicted octanol–water partition coefficient (Wildman–Crippen LogP) is 1.15. The van der Waals surface area contributed by atoms with Crippen molar-refractivity contribution in [3.05, 3.63) is 0 Å². The average molecular weight is 136 g/mol. The van der Waals surface area contributed by atoms with Crippen molar-refractivity contribution in [2.24, 2.45) is 11.8 Å². The van der Waals surface area contributed by atoms with E-state index in [4.69, 9.17) is 0 Å². The number of aliphatic hydroxyl groups is 1. The molecule has 1 aliphatic carbocycles. The van der Waals surface area contributed by atoms with Gasteiger partial charge in [-0.2, -0.15) is 0 Å². The summed E-state index contributed by atoms with van der Waals surface area (Å²) in [5.41, 5.74) is 0. The summed E-state index contributed by atoms with van der Waals surface area (Å²) in [6.07, 6.45) is 3.70. The molecule has 10 heavy (non-hydrogen) atoms. The molecule has 2 unspecified atom stereocenters. The quantitative estimate of drug-likeness (QED) is 0.495. The third-order valence-corrected chi connectivity index (χ3v) is 2.48. The molecule has 1 nitrogen and oxygen atoms in total. The van der Waals surface area contributed by atoms with E-state index in [0.29, 0.717) is 11.8 Å². The first kappa shape index (κ1) is 10.6. The summed E-state index contributed by atoms with van der Waals surface area (Å²) in [6, 6.07) is 0. The first-order valence-corrected chi connectivity index (χ1v) is 3.90. The van der Waals surface area contributed by atoms with Crippen molar-refractivity contribution in [1.29, 1.82) is 0 Å². The third kappa shape index (κ3) is 2.31. The molecule has 1 fully saturated rings. The Kier molecular flexibility index (Phi) is 4.69. The molecule has 0 aliphatic heterocycles. The Morgan fingerprint density at radius 1 is 1.10 bits per heavy atom. The molecular formula is C8H17LiO. The summed E-state index contributed by atoms with van der Waals surface area (Å²) in [6.45, 7) is 4.28. The van der Waals surface area contributed by atoms with Gasteiger partial charge in [-0.05, 0) is 24.7 Å². The molecule has 2 atom stereocenters. The van der Waals surface area contributed by atoms with E-state index in [9.17, 15) is 5.11 Å². The van der Waals surface area contributed by atoms with Crippen molar-refractivity contribution in [3.63, 3.8) is 0 Å². The Morgan fingerprint density at radius 2 is 1.50 bits per heavy atom. The topological polar surface area (TPSA) is 20.2 Å². The van der Waals surface area contributed by atoms with Gasteiger partial charge >= 0.3 is 18.9 Å². The van der Waals surface area contributed by atoms with Gasteiger partial charge in [-0.1, -0.05) is 20.3 Å². The predicted molar refractivity (Wildman–Crippen MR) is 45.3 cm³/mol. The van der Waals surface area contributed by atoms with Gasteiger partial charge in [0.1, 0.15) is 0 Å². The minimum absolute atomic E-state index is 0. The molecule has 0 bridgehead atoms. The van der Waals surface area contributed by atoms with E-state index in [-0.39, 0.29) is 25.0 Å². The molecule has 56 valence electrons. The van der Waals surface area contributed by atoms with Crippen LogP contribution in [0.15, 0.2) is 0 Å². The maximum atomic E-state index is 9.45. The van der Waals surface area contributed by atoms with Crippen LogP contribution in [-0.4, -0.2) is 30.1 Å². The van der Waals surface area contributed by atoms with Crippen LogP contribution in [0.1, 0.15) is 33.1 Å². The molecule has 0 amide bonds. The number of hydrogen-bond acceptors (Lipinski definition) is 1. The van der Waals surface area contributed by atoms with Crippen LogP contribution in [0.5, 0.6) is 0 Å². The number of rotatable bonds is 0. The van der Waals surface area contributed by atoms with Gasteiger partial charge in [0.05, 0.1) is 6.10 Å². The first-order chi connectivity index (χ1) is 4.22. The Balaban J connectivity index is 0.000000810. The second-order valence-corrected chi connectivity index (χ2v) is 3.38. The van der Waals surface area contributed by atoms with Crippen LogP contribution in [0.2, 0.25) is 0 Å². The van der Waals surface area contributed by atoms with Crippen molar-refractivity contribution < 1.29 is 5.11 Å². The molecule has 1 N–H and O–H groups in total. The molecule has 0 saturated heterocycles. The van der Waals surface area contributed by atoms with Gasteiger partial charge in [-0.15, -0.1) is 0 Å². The number of aliphatic hydroxyl groups excluding tert-OH is 1. The Bertz CT molecular complexity index is 85.3. The molecule has 2 heteroatoms. The van der Waals surface area contributed by atoms with Crippen LogP contribution in [-0.2, 0) is 0 Å². The van der Waals surface area contributed by atoms with E-state index in [1.54, 1.807) is 0 Å². The second kappa shape index (κ2) is 4.44. The normalized spacial score (nSPS) is 40.5. The van der Waals surface area contributed by atoms with Crippen LogP contribution < -0.4 is 0 Å². The average Bonchev–Trinajstić information content (AvgIpc) is 1.83. The second-order valence-electron chi connectivity index (χ2n) is 3.38. The summed E-state index contributed by atoms with van der Waals surface area (Å²) in [5.74, 6) is 1.07. The maximum absolute atomic E-state index is 9.45. The fraction of sp³-hybridized carbons (Fsp3) is 1.00. The fourth-order valence-electron chi connectivity index (χ4n) is 1.66. The van der Waals surface area contributed by atoms with Gasteiger partial charge in [0.2, 0.25) is 0 Å². The SMILES string of the molecule is CC1CCCC(C)C1O.[LiH]. The molecule has 0 aromatic heterocycles. The van der Waals surface area contributed by atoms with Gasteiger partial charge in [0, 0.05) is 0 Å². The van der Waals surface area contributed by atoms with E-state index in [0.717, 1.165) is 0 Å². The van der Waals surface area contributed by atoms with Gasteiger partial charge < -0.3 is 5.11 Å². The Labute approximate surface area is 75.4 Å². The van der Waals surface area contributed by atoms with Gasteiger partial charge in [-0.3, -0.25) is 0 Å². The van der Waals surface area contributed by atoms with Crippen LogP contribution in [0.4, 0.5) is 0 Å². The molecule has 0 radical (unpaired) electrons. The van der Waals surface area contributed by atoms with Crippen LogP contribution in [0, 0.1) is 11.8 Å². The molecular weight excluding hydrogens is 119 g/mol. The summed E-state index contributed by atoms with van der Waals surface area (Å²) in [5, 5.41) is 9.45. The molecule has 1 rings (SSSR count). The van der Waals surface area contributed by atoms with Gasteiger partial charge in [-0.25, -0.2) is 0 Å². The zero-order chi connectivity index (χ0) is 6.85. The van der Waals surface area contributed by atoms with E-state index in [1.165, 1.54) is 19.3 Å². The third-order valence-electron chi connectivity index (χ3n) is 2.48. The van der Waals surface area contributed by atoms with Crippen molar-refractivity contribution in [3.8, 4) is 0 Å². The van der Waals surface area contributed by atoms with Crippen LogP contribution in [0.25, 0.3) is 0 Å². The van der Waals surface area contributed by atoms with E-state index in [1.807, 2.05) is 0 Å². The van der Waals surface area contributed by atoms with Crippen molar-refractivity contribution in [1.82, 2.24) is 0 Å². The summed E-state index contributed by atoms with van der Waals surface area (Å²) >= 11 is 0. The first-order valence-electron chi connectivity index (χ1n) is 3.90. The monoisotopic (exact) mass is 136 g/mol. The van der Waals surface area contributed by atoms with Crippen molar-refractivity contribution in [2.75, 3.05) is 0 Å². The molecule has 0 aromatic carbocycles. The Morgan fingerprint density at radius 3 is 1.80 bits per heavy atom. The van der Waals surface area contributed by atoms with E-state index in [2.05, 4.69) is 13.8 Å². The molecule has 0 heterocycles. The fourth-order valence-corrected chi connectivity index (χ4v) is 1.66. The van der Waals surface area contributed by atoms with E-state index < -0.39 is 0 Å². The van der Waals surface area contributed by atoms with Crippen LogP contribution >= 0.6 is 0 Å².